The first kappa shape index (κ1) is 23.4. The number of nitrogens with zero attached hydrogens (tertiary/aromatic N) is 3. The van der Waals surface area contributed by atoms with E-state index in [1.807, 2.05) is 0 Å². The van der Waals surface area contributed by atoms with Gasteiger partial charge in [0.2, 0.25) is 0 Å². The SMILES string of the molecule is CCNC(=NCCN(C)CCOC)N1CCC(C(=O)OC)CC1.I. The Morgan fingerprint density at radius 3 is 2.50 bits per heavy atom. The summed E-state index contributed by atoms with van der Waals surface area (Å²) in [6.07, 6.45) is 1.65. The summed E-state index contributed by atoms with van der Waals surface area (Å²) >= 11 is 0. The molecular weight excluding hydrogens is 423 g/mol. The summed E-state index contributed by atoms with van der Waals surface area (Å²) in [5, 5.41) is 3.34. The molecule has 1 saturated heterocycles. The zero-order valence-electron chi connectivity index (χ0n) is 15.4. The van der Waals surface area contributed by atoms with Crippen molar-refractivity contribution >= 4 is 35.9 Å². The smallest absolute Gasteiger partial charge is 0.308 e. The molecule has 0 bridgehead atoms. The van der Waals surface area contributed by atoms with Gasteiger partial charge in [-0.3, -0.25) is 9.79 Å². The van der Waals surface area contributed by atoms with Crippen molar-refractivity contribution in [3.05, 3.63) is 0 Å². The molecule has 0 unspecified atom stereocenters. The molecule has 142 valence electrons. The van der Waals surface area contributed by atoms with E-state index < -0.39 is 0 Å². The van der Waals surface area contributed by atoms with E-state index in [1.54, 1.807) is 7.11 Å². The lowest BCUT2D eigenvalue weighted by Gasteiger charge is -2.33. The van der Waals surface area contributed by atoms with Crippen LogP contribution in [0.25, 0.3) is 0 Å². The van der Waals surface area contributed by atoms with Crippen LogP contribution in [0.15, 0.2) is 4.99 Å². The van der Waals surface area contributed by atoms with Crippen molar-refractivity contribution in [1.82, 2.24) is 15.1 Å². The van der Waals surface area contributed by atoms with E-state index in [1.165, 1.54) is 7.11 Å². The first-order valence-corrected chi connectivity index (χ1v) is 8.40. The van der Waals surface area contributed by atoms with Crippen LogP contribution in [0.2, 0.25) is 0 Å². The predicted molar refractivity (Wildman–Crippen MR) is 107 cm³/mol. The minimum Gasteiger partial charge on any atom is -0.469 e. The summed E-state index contributed by atoms with van der Waals surface area (Å²) in [6, 6.07) is 0. The maximum atomic E-state index is 11.6. The molecular formula is C16H33IN4O3. The number of rotatable bonds is 8. The number of likely N-dealkylation sites (tertiary alicyclic amines) is 1. The van der Waals surface area contributed by atoms with Gasteiger partial charge in [0.1, 0.15) is 0 Å². The molecule has 1 aliphatic heterocycles. The molecule has 0 spiro atoms. The summed E-state index contributed by atoms with van der Waals surface area (Å²) in [5.41, 5.74) is 0. The van der Waals surface area contributed by atoms with Crippen LogP contribution in [0, 0.1) is 5.92 Å². The molecule has 0 radical (unpaired) electrons. The number of aliphatic imine (C=N–C) groups is 1. The van der Waals surface area contributed by atoms with Gasteiger partial charge in [0.25, 0.3) is 0 Å². The first-order chi connectivity index (χ1) is 11.1. The number of halogens is 1. The standard InChI is InChI=1S/C16H32N4O3.HI/c1-5-17-16(18-8-11-19(2)12-13-22-3)20-9-6-14(7-10-20)15(21)23-4;/h14H,5-13H2,1-4H3,(H,17,18);1H. The molecule has 7 nitrogen and oxygen atoms in total. The number of hydrogen-bond donors (Lipinski definition) is 1. The number of hydrogen-bond acceptors (Lipinski definition) is 5. The zero-order valence-corrected chi connectivity index (χ0v) is 17.7. The van der Waals surface area contributed by atoms with Crippen LogP contribution in [0.3, 0.4) is 0 Å². The van der Waals surface area contributed by atoms with Crippen molar-refractivity contribution in [2.75, 3.05) is 67.1 Å². The molecule has 1 fully saturated rings. The number of piperidine rings is 1. The van der Waals surface area contributed by atoms with E-state index in [0.717, 1.165) is 64.7 Å². The molecule has 0 aromatic heterocycles. The second-order valence-corrected chi connectivity index (χ2v) is 5.82. The normalized spacial score (nSPS) is 16.0. The van der Waals surface area contributed by atoms with Crippen LogP contribution in [0.1, 0.15) is 19.8 Å². The van der Waals surface area contributed by atoms with Crippen LogP contribution >= 0.6 is 24.0 Å². The molecule has 1 N–H and O–H groups in total. The van der Waals surface area contributed by atoms with Crippen LogP contribution in [-0.2, 0) is 14.3 Å². The Labute approximate surface area is 163 Å². The summed E-state index contributed by atoms with van der Waals surface area (Å²) in [6.45, 7) is 7.89. The third-order valence-electron chi connectivity index (χ3n) is 4.08. The molecule has 8 heteroatoms. The number of guanidine groups is 1. The topological polar surface area (TPSA) is 66.4 Å². The Kier molecular flexibility index (Phi) is 13.3. The minimum atomic E-state index is -0.0913. The molecule has 24 heavy (non-hydrogen) atoms. The van der Waals surface area contributed by atoms with E-state index in [2.05, 4.69) is 29.1 Å². The maximum absolute atomic E-state index is 11.6. The van der Waals surface area contributed by atoms with Crippen molar-refractivity contribution in [1.29, 1.82) is 0 Å². The largest absolute Gasteiger partial charge is 0.469 e. The minimum absolute atomic E-state index is 0. The average molecular weight is 456 g/mol. The first-order valence-electron chi connectivity index (χ1n) is 8.40. The Bertz CT molecular complexity index is 374. The highest BCUT2D eigenvalue weighted by Crippen LogP contribution is 2.18. The lowest BCUT2D eigenvalue weighted by atomic mass is 9.97. The van der Waals surface area contributed by atoms with Gasteiger partial charge in [-0.25, -0.2) is 0 Å². The van der Waals surface area contributed by atoms with Gasteiger partial charge in [-0.05, 0) is 26.8 Å². The fourth-order valence-electron chi connectivity index (χ4n) is 2.61. The van der Waals surface area contributed by atoms with E-state index in [4.69, 9.17) is 14.5 Å². The molecule has 0 aromatic carbocycles. The lowest BCUT2D eigenvalue weighted by Crippen LogP contribution is -2.47. The molecule has 0 amide bonds. The number of likely N-dealkylation sites (N-methyl/N-ethyl adjacent to an activating group) is 1. The molecule has 1 aliphatic rings. The highest BCUT2D eigenvalue weighted by molar-refractivity contribution is 14.0. The van der Waals surface area contributed by atoms with Crippen LogP contribution < -0.4 is 5.32 Å². The number of carbonyl (C=O) groups excluding carboxylic acids is 1. The molecule has 1 heterocycles. The van der Waals surface area contributed by atoms with E-state index in [9.17, 15) is 4.79 Å². The Hall–Kier alpha value is -0.610. The van der Waals surface area contributed by atoms with Crippen LogP contribution in [-0.4, -0.2) is 88.9 Å². The van der Waals surface area contributed by atoms with Gasteiger partial charge in [-0.15, -0.1) is 24.0 Å². The third kappa shape index (κ3) is 8.48. The molecule has 0 saturated carbocycles. The number of esters is 1. The zero-order chi connectivity index (χ0) is 17.1. The van der Waals surface area contributed by atoms with E-state index in [-0.39, 0.29) is 35.9 Å². The number of ether oxygens (including phenoxy) is 2. The summed E-state index contributed by atoms with van der Waals surface area (Å²) in [5.74, 6) is 0.876. The number of nitrogens with one attached hydrogen (secondary N) is 1. The Morgan fingerprint density at radius 1 is 1.29 bits per heavy atom. The van der Waals surface area contributed by atoms with Crippen molar-refractivity contribution in [2.24, 2.45) is 10.9 Å². The van der Waals surface area contributed by atoms with Crippen molar-refractivity contribution in [3.8, 4) is 0 Å². The van der Waals surface area contributed by atoms with E-state index >= 15 is 0 Å². The average Bonchev–Trinajstić information content (AvgIpc) is 2.58. The van der Waals surface area contributed by atoms with Gasteiger partial charge >= 0.3 is 5.97 Å². The molecule has 0 aliphatic carbocycles. The quantitative estimate of drug-likeness (QED) is 0.255. The van der Waals surface area contributed by atoms with Crippen molar-refractivity contribution in [2.45, 2.75) is 19.8 Å². The van der Waals surface area contributed by atoms with E-state index in [0.29, 0.717) is 0 Å². The molecule has 0 atom stereocenters. The number of methoxy groups -OCH3 is 2. The van der Waals surface area contributed by atoms with Gasteiger partial charge in [0, 0.05) is 39.8 Å². The maximum Gasteiger partial charge on any atom is 0.308 e. The monoisotopic (exact) mass is 456 g/mol. The summed E-state index contributed by atoms with van der Waals surface area (Å²) in [4.78, 5) is 20.8. The lowest BCUT2D eigenvalue weighted by molar-refractivity contribution is -0.146. The van der Waals surface area contributed by atoms with Crippen molar-refractivity contribution < 1.29 is 14.3 Å². The van der Waals surface area contributed by atoms with Crippen LogP contribution in [0.5, 0.6) is 0 Å². The number of carbonyl (C=O) groups is 1. The van der Waals surface area contributed by atoms with Crippen molar-refractivity contribution in [3.63, 3.8) is 0 Å². The van der Waals surface area contributed by atoms with Gasteiger partial charge < -0.3 is 24.6 Å². The van der Waals surface area contributed by atoms with Gasteiger partial charge in [-0.2, -0.15) is 0 Å². The fourth-order valence-corrected chi connectivity index (χ4v) is 2.61. The van der Waals surface area contributed by atoms with Crippen LogP contribution in [0.4, 0.5) is 0 Å². The second-order valence-electron chi connectivity index (χ2n) is 5.82. The van der Waals surface area contributed by atoms with Gasteiger partial charge in [0.05, 0.1) is 26.2 Å². The Balaban J connectivity index is 0.00000529. The fraction of sp³-hybridized carbons (Fsp3) is 0.875. The summed E-state index contributed by atoms with van der Waals surface area (Å²) in [7, 11) is 5.25. The summed E-state index contributed by atoms with van der Waals surface area (Å²) < 4.78 is 9.91. The second kappa shape index (κ2) is 13.7. The van der Waals surface area contributed by atoms with Gasteiger partial charge in [-0.1, -0.05) is 0 Å². The predicted octanol–water partition coefficient (Wildman–Crippen LogP) is 1.03. The Morgan fingerprint density at radius 2 is 1.96 bits per heavy atom. The third-order valence-corrected chi connectivity index (χ3v) is 4.08. The molecule has 1 rings (SSSR count). The highest BCUT2D eigenvalue weighted by Gasteiger charge is 2.26. The molecule has 0 aromatic rings. The highest BCUT2D eigenvalue weighted by atomic mass is 127. The van der Waals surface area contributed by atoms with Gasteiger partial charge in [0.15, 0.2) is 5.96 Å².